The highest BCUT2D eigenvalue weighted by Gasteiger charge is 2.18. The molecular weight excluding hydrogens is 432 g/mol. The molecular formula is C24H24O7S. The molecule has 0 radical (unpaired) electrons. The van der Waals surface area contributed by atoms with Crippen molar-refractivity contribution < 1.29 is 32.9 Å². The lowest BCUT2D eigenvalue weighted by molar-refractivity contribution is 0.0693. The molecule has 0 fully saturated rings. The van der Waals surface area contributed by atoms with Gasteiger partial charge < -0.3 is 19.7 Å². The molecule has 3 rings (SSSR count). The van der Waals surface area contributed by atoms with Crippen molar-refractivity contribution in [2.45, 2.75) is 17.7 Å². The van der Waals surface area contributed by atoms with Crippen LogP contribution in [0, 0.1) is 0 Å². The molecule has 0 atom stereocenters. The lowest BCUT2D eigenvalue weighted by Crippen LogP contribution is -2.11. The van der Waals surface area contributed by atoms with E-state index in [0.29, 0.717) is 24.3 Å². The normalized spacial score (nSPS) is 11.2. The van der Waals surface area contributed by atoms with E-state index in [1.165, 1.54) is 25.3 Å². The number of carboxylic acid groups (broad SMARTS) is 1. The van der Waals surface area contributed by atoms with Crippen LogP contribution in [0.3, 0.4) is 0 Å². The summed E-state index contributed by atoms with van der Waals surface area (Å²) in [6, 6.07) is 18.3. The Kier molecular flexibility index (Phi) is 7.37. The first-order valence-electron chi connectivity index (χ1n) is 9.93. The van der Waals surface area contributed by atoms with Gasteiger partial charge in [0.2, 0.25) is 0 Å². The molecule has 0 heterocycles. The largest absolute Gasteiger partial charge is 0.507 e. The first-order valence-corrected chi connectivity index (χ1v) is 11.6. The second-order valence-electron chi connectivity index (χ2n) is 7.15. The van der Waals surface area contributed by atoms with Crippen molar-refractivity contribution in [1.29, 1.82) is 0 Å². The van der Waals surface area contributed by atoms with Crippen LogP contribution in [0.5, 0.6) is 17.2 Å². The van der Waals surface area contributed by atoms with Gasteiger partial charge in [0.25, 0.3) is 0 Å². The molecule has 8 heteroatoms. The number of para-hydroxylation sites is 1. The molecule has 0 amide bonds. The number of carboxylic acids is 1. The number of aromatic carboxylic acids is 1. The molecule has 3 aromatic rings. The lowest BCUT2D eigenvalue weighted by atomic mass is 10.0. The SMILES string of the molecule is COc1ccccc1S(=O)(=O)CCCOc1ccc(Cc2ccc(O)c(C(=O)O)c2)cc1. The average molecular weight is 457 g/mol. The van der Waals surface area contributed by atoms with E-state index >= 15 is 0 Å². The maximum atomic E-state index is 12.5. The van der Waals surface area contributed by atoms with E-state index < -0.39 is 15.8 Å². The second-order valence-corrected chi connectivity index (χ2v) is 9.23. The summed E-state index contributed by atoms with van der Waals surface area (Å²) in [6.07, 6.45) is 0.825. The Morgan fingerprint density at radius 1 is 0.969 bits per heavy atom. The number of rotatable bonds is 10. The van der Waals surface area contributed by atoms with Gasteiger partial charge in [-0.05, 0) is 60.4 Å². The molecule has 3 aromatic carbocycles. The van der Waals surface area contributed by atoms with Crippen LogP contribution >= 0.6 is 0 Å². The van der Waals surface area contributed by atoms with E-state index in [2.05, 4.69) is 0 Å². The highest BCUT2D eigenvalue weighted by Crippen LogP contribution is 2.25. The lowest BCUT2D eigenvalue weighted by Gasteiger charge is -2.10. The monoisotopic (exact) mass is 456 g/mol. The van der Waals surface area contributed by atoms with Crippen LogP contribution in [-0.4, -0.2) is 44.1 Å². The maximum absolute atomic E-state index is 12.5. The Balaban J connectivity index is 1.53. The molecule has 7 nitrogen and oxygen atoms in total. The predicted molar refractivity (Wildman–Crippen MR) is 119 cm³/mol. The predicted octanol–water partition coefficient (Wildman–Crippen LogP) is 3.93. The van der Waals surface area contributed by atoms with Crippen molar-refractivity contribution in [2.75, 3.05) is 19.5 Å². The number of methoxy groups -OCH3 is 1. The molecule has 2 N–H and O–H groups in total. The van der Waals surface area contributed by atoms with Gasteiger partial charge in [0, 0.05) is 0 Å². The Morgan fingerprint density at radius 2 is 1.66 bits per heavy atom. The van der Waals surface area contributed by atoms with E-state index in [4.69, 9.17) is 14.6 Å². The molecule has 0 spiro atoms. The number of carbonyl (C=O) groups is 1. The van der Waals surface area contributed by atoms with Gasteiger partial charge >= 0.3 is 5.97 Å². The Labute approximate surface area is 186 Å². The van der Waals surface area contributed by atoms with Crippen LogP contribution in [0.2, 0.25) is 0 Å². The van der Waals surface area contributed by atoms with Gasteiger partial charge in [0.15, 0.2) is 9.84 Å². The summed E-state index contributed by atoms with van der Waals surface area (Å²) >= 11 is 0. The Morgan fingerprint density at radius 3 is 2.34 bits per heavy atom. The quantitative estimate of drug-likeness (QED) is 0.445. The van der Waals surface area contributed by atoms with Crippen LogP contribution in [0.15, 0.2) is 71.6 Å². The van der Waals surface area contributed by atoms with Gasteiger partial charge in [0.05, 0.1) is 19.5 Å². The fourth-order valence-electron chi connectivity index (χ4n) is 3.23. The number of hydrogen-bond donors (Lipinski definition) is 2. The average Bonchev–Trinajstić information content (AvgIpc) is 2.79. The van der Waals surface area contributed by atoms with Gasteiger partial charge in [-0.25, -0.2) is 13.2 Å². The number of benzene rings is 3. The van der Waals surface area contributed by atoms with Gasteiger partial charge in [0.1, 0.15) is 27.7 Å². The summed E-state index contributed by atoms with van der Waals surface area (Å²) < 4.78 is 35.9. The standard InChI is InChI=1S/C24H24O7S/c1-30-22-5-2-3-6-23(22)32(28,29)14-4-13-31-19-10-7-17(8-11-19)15-18-9-12-21(25)20(16-18)24(26)27/h2-3,5-12,16,25H,4,13-15H2,1H3,(H,26,27). The smallest absolute Gasteiger partial charge is 0.339 e. The van der Waals surface area contributed by atoms with Crippen molar-refractivity contribution in [3.05, 3.63) is 83.4 Å². The second kappa shape index (κ2) is 10.2. The first kappa shape index (κ1) is 23.1. The van der Waals surface area contributed by atoms with Crippen molar-refractivity contribution in [3.63, 3.8) is 0 Å². The number of hydrogen-bond acceptors (Lipinski definition) is 6. The van der Waals surface area contributed by atoms with Crippen LogP contribution in [-0.2, 0) is 16.3 Å². The van der Waals surface area contributed by atoms with Crippen molar-refractivity contribution in [2.24, 2.45) is 0 Å². The summed E-state index contributed by atoms with van der Waals surface area (Å²) in [7, 11) is -2.04. The Hall–Kier alpha value is -3.52. The zero-order valence-corrected chi connectivity index (χ0v) is 18.3. The molecule has 0 aliphatic heterocycles. The van der Waals surface area contributed by atoms with Gasteiger partial charge in [-0.2, -0.15) is 0 Å². The number of ether oxygens (including phenoxy) is 2. The van der Waals surface area contributed by atoms with Crippen LogP contribution < -0.4 is 9.47 Å². The molecule has 0 aliphatic carbocycles. The third-order valence-corrected chi connectivity index (χ3v) is 6.69. The van der Waals surface area contributed by atoms with Crippen LogP contribution in [0.1, 0.15) is 27.9 Å². The number of sulfone groups is 1. The van der Waals surface area contributed by atoms with E-state index in [1.54, 1.807) is 36.4 Å². The molecule has 168 valence electrons. The third-order valence-electron chi connectivity index (χ3n) is 4.85. The molecule has 0 saturated heterocycles. The fourth-order valence-corrected chi connectivity index (χ4v) is 4.69. The van der Waals surface area contributed by atoms with Gasteiger partial charge in [-0.1, -0.05) is 30.3 Å². The van der Waals surface area contributed by atoms with E-state index in [1.807, 2.05) is 12.1 Å². The highest BCUT2D eigenvalue weighted by atomic mass is 32.2. The zero-order chi connectivity index (χ0) is 23.1. The molecule has 0 aromatic heterocycles. The van der Waals surface area contributed by atoms with Crippen LogP contribution in [0.4, 0.5) is 0 Å². The van der Waals surface area contributed by atoms with Crippen molar-refractivity contribution in [3.8, 4) is 17.2 Å². The fraction of sp³-hybridized carbons (Fsp3) is 0.208. The van der Waals surface area contributed by atoms with E-state index in [-0.39, 0.29) is 28.6 Å². The Bertz CT molecular complexity index is 1190. The van der Waals surface area contributed by atoms with Crippen molar-refractivity contribution in [1.82, 2.24) is 0 Å². The highest BCUT2D eigenvalue weighted by molar-refractivity contribution is 7.91. The zero-order valence-electron chi connectivity index (χ0n) is 17.5. The molecule has 0 aliphatic rings. The van der Waals surface area contributed by atoms with Crippen molar-refractivity contribution >= 4 is 15.8 Å². The number of phenols is 1. The van der Waals surface area contributed by atoms with E-state index in [9.17, 15) is 18.3 Å². The third kappa shape index (κ3) is 5.79. The van der Waals surface area contributed by atoms with Gasteiger partial charge in [-0.3, -0.25) is 0 Å². The summed E-state index contributed by atoms with van der Waals surface area (Å²) in [5.74, 6) is -0.565. The van der Waals surface area contributed by atoms with Crippen LogP contribution in [0.25, 0.3) is 0 Å². The molecule has 0 saturated carbocycles. The minimum Gasteiger partial charge on any atom is -0.507 e. The van der Waals surface area contributed by atoms with Gasteiger partial charge in [-0.15, -0.1) is 0 Å². The topological polar surface area (TPSA) is 110 Å². The molecule has 0 bridgehead atoms. The first-order chi connectivity index (χ1) is 15.3. The molecule has 0 unspecified atom stereocenters. The number of aromatic hydroxyl groups is 1. The summed E-state index contributed by atoms with van der Waals surface area (Å²) in [4.78, 5) is 11.3. The summed E-state index contributed by atoms with van der Waals surface area (Å²) in [5.41, 5.74) is 1.57. The maximum Gasteiger partial charge on any atom is 0.339 e. The molecule has 32 heavy (non-hydrogen) atoms. The minimum absolute atomic E-state index is 0.0573. The summed E-state index contributed by atoms with van der Waals surface area (Å²) in [5, 5.41) is 18.7. The minimum atomic E-state index is -3.48. The van der Waals surface area contributed by atoms with E-state index in [0.717, 1.165) is 11.1 Å². The summed E-state index contributed by atoms with van der Waals surface area (Å²) in [6.45, 7) is 0.244.